The average molecular weight is 437 g/mol. The molecular formula is C24H28N4O2S. The monoisotopic (exact) mass is 436 g/mol. The van der Waals surface area contributed by atoms with E-state index in [-0.39, 0.29) is 18.4 Å². The van der Waals surface area contributed by atoms with E-state index in [1.807, 2.05) is 29.6 Å². The Labute approximate surface area is 186 Å². The quantitative estimate of drug-likeness (QED) is 0.441. The molecule has 2 aromatic heterocycles. The molecule has 2 heterocycles. The number of benzene rings is 1. The van der Waals surface area contributed by atoms with E-state index < -0.39 is 0 Å². The molecule has 162 valence electrons. The van der Waals surface area contributed by atoms with Crippen molar-refractivity contribution in [1.82, 2.24) is 15.3 Å². The van der Waals surface area contributed by atoms with Gasteiger partial charge in [0.15, 0.2) is 0 Å². The van der Waals surface area contributed by atoms with Gasteiger partial charge in [0.1, 0.15) is 12.1 Å². The SMILES string of the molecule is C[C@H]1C[C@H](Nc2ncncc2C(=O)c2cc(CNCc3ccccc3)cs2)C[C@@H]1CO. The van der Waals surface area contributed by atoms with E-state index in [2.05, 4.69) is 39.7 Å². The third-order valence-electron chi connectivity index (χ3n) is 5.96. The lowest BCUT2D eigenvalue weighted by Crippen LogP contribution is -2.19. The number of carbonyl (C=O) groups is 1. The number of aliphatic hydroxyl groups excluding tert-OH is 1. The summed E-state index contributed by atoms with van der Waals surface area (Å²) in [6.45, 7) is 3.85. The average Bonchev–Trinajstić information content (AvgIpc) is 3.40. The van der Waals surface area contributed by atoms with Crippen LogP contribution in [0.5, 0.6) is 0 Å². The second kappa shape index (κ2) is 10.1. The number of rotatable bonds is 9. The smallest absolute Gasteiger partial charge is 0.208 e. The summed E-state index contributed by atoms with van der Waals surface area (Å²) in [5.74, 6) is 1.26. The Morgan fingerprint density at radius 1 is 1.19 bits per heavy atom. The first-order valence-corrected chi connectivity index (χ1v) is 11.6. The van der Waals surface area contributed by atoms with Crippen LogP contribution in [0, 0.1) is 11.8 Å². The highest BCUT2D eigenvalue weighted by atomic mass is 32.1. The van der Waals surface area contributed by atoms with Crippen LogP contribution in [0.4, 0.5) is 5.82 Å². The molecule has 3 N–H and O–H groups in total. The third kappa shape index (κ3) is 5.36. The highest BCUT2D eigenvalue weighted by molar-refractivity contribution is 7.12. The van der Waals surface area contributed by atoms with Gasteiger partial charge in [-0.25, -0.2) is 9.97 Å². The number of ketones is 1. The predicted octanol–water partition coefficient (Wildman–Crippen LogP) is 3.88. The van der Waals surface area contributed by atoms with Crippen molar-refractivity contribution in [3.05, 3.63) is 75.9 Å². The number of aliphatic hydroxyl groups is 1. The van der Waals surface area contributed by atoms with Gasteiger partial charge in [-0.05, 0) is 47.3 Å². The minimum absolute atomic E-state index is 0.0628. The summed E-state index contributed by atoms with van der Waals surface area (Å²) in [6, 6.07) is 12.4. The zero-order valence-electron chi connectivity index (χ0n) is 17.6. The van der Waals surface area contributed by atoms with Gasteiger partial charge in [-0.3, -0.25) is 4.79 Å². The summed E-state index contributed by atoms with van der Waals surface area (Å²) in [4.78, 5) is 22.3. The zero-order valence-corrected chi connectivity index (χ0v) is 18.4. The van der Waals surface area contributed by atoms with Crippen LogP contribution in [-0.2, 0) is 13.1 Å². The molecule has 7 heteroatoms. The van der Waals surface area contributed by atoms with E-state index in [0.29, 0.717) is 34.6 Å². The largest absolute Gasteiger partial charge is 0.396 e. The van der Waals surface area contributed by atoms with Crippen molar-refractivity contribution in [2.75, 3.05) is 11.9 Å². The molecular weight excluding hydrogens is 408 g/mol. The molecule has 3 atom stereocenters. The van der Waals surface area contributed by atoms with Crippen molar-refractivity contribution < 1.29 is 9.90 Å². The van der Waals surface area contributed by atoms with Gasteiger partial charge in [0, 0.05) is 31.9 Å². The third-order valence-corrected chi connectivity index (χ3v) is 6.94. The molecule has 3 aromatic rings. The Bertz CT molecular complexity index is 1010. The maximum atomic E-state index is 13.2. The van der Waals surface area contributed by atoms with Crippen LogP contribution in [0.25, 0.3) is 0 Å². The van der Waals surface area contributed by atoms with Crippen molar-refractivity contribution in [1.29, 1.82) is 0 Å². The topological polar surface area (TPSA) is 87.1 Å². The van der Waals surface area contributed by atoms with E-state index in [9.17, 15) is 9.90 Å². The van der Waals surface area contributed by atoms with Gasteiger partial charge in [-0.2, -0.15) is 0 Å². The van der Waals surface area contributed by atoms with Crippen LogP contribution in [-0.4, -0.2) is 33.5 Å². The Kier molecular flexibility index (Phi) is 7.06. The first kappa shape index (κ1) is 21.6. The predicted molar refractivity (Wildman–Crippen MR) is 123 cm³/mol. The van der Waals surface area contributed by atoms with Gasteiger partial charge in [0.25, 0.3) is 0 Å². The van der Waals surface area contributed by atoms with Gasteiger partial charge in [0.2, 0.25) is 5.78 Å². The number of nitrogens with one attached hydrogen (secondary N) is 2. The van der Waals surface area contributed by atoms with E-state index in [4.69, 9.17) is 0 Å². The van der Waals surface area contributed by atoms with Gasteiger partial charge in [-0.1, -0.05) is 37.3 Å². The lowest BCUT2D eigenvalue weighted by Gasteiger charge is -2.15. The summed E-state index contributed by atoms with van der Waals surface area (Å²) in [5.41, 5.74) is 2.81. The van der Waals surface area contributed by atoms with Gasteiger partial charge >= 0.3 is 0 Å². The van der Waals surface area contributed by atoms with E-state index >= 15 is 0 Å². The van der Waals surface area contributed by atoms with Crippen LogP contribution >= 0.6 is 11.3 Å². The maximum Gasteiger partial charge on any atom is 0.208 e. The van der Waals surface area contributed by atoms with Crippen LogP contribution in [0.15, 0.2) is 54.3 Å². The standard InChI is InChI=1S/C24H28N4O2S/c1-16-7-20(9-19(16)13-29)28-24-21(12-26-15-27-24)23(30)22-8-18(14-31-22)11-25-10-17-5-3-2-4-6-17/h2-6,8,12,14-16,19-20,25,29H,7,9-11,13H2,1H3,(H,26,27,28)/t16-,19+,20-/m0/s1. The Morgan fingerprint density at radius 2 is 2.00 bits per heavy atom. The molecule has 0 saturated heterocycles. The molecule has 1 aliphatic carbocycles. The number of anilines is 1. The van der Waals surface area contributed by atoms with Crippen molar-refractivity contribution in [3.8, 4) is 0 Å². The summed E-state index contributed by atoms with van der Waals surface area (Å²) in [6.07, 6.45) is 4.89. The van der Waals surface area contributed by atoms with Crippen molar-refractivity contribution in [2.24, 2.45) is 11.8 Å². The minimum Gasteiger partial charge on any atom is -0.396 e. The van der Waals surface area contributed by atoms with Crippen LogP contribution in [0.2, 0.25) is 0 Å². The molecule has 0 aliphatic heterocycles. The Balaban J connectivity index is 1.39. The fourth-order valence-corrected chi connectivity index (χ4v) is 5.04. The molecule has 0 radical (unpaired) electrons. The van der Waals surface area contributed by atoms with Crippen molar-refractivity contribution in [2.45, 2.75) is 38.9 Å². The highest BCUT2D eigenvalue weighted by Crippen LogP contribution is 2.33. The molecule has 1 aliphatic rings. The van der Waals surface area contributed by atoms with E-state index in [1.54, 1.807) is 6.20 Å². The summed E-state index contributed by atoms with van der Waals surface area (Å²) in [5, 5.41) is 18.4. The fourth-order valence-electron chi connectivity index (χ4n) is 4.18. The minimum atomic E-state index is -0.0628. The molecule has 0 unspecified atom stereocenters. The van der Waals surface area contributed by atoms with E-state index in [0.717, 1.165) is 24.9 Å². The van der Waals surface area contributed by atoms with Crippen molar-refractivity contribution >= 4 is 22.9 Å². The number of hydrogen-bond donors (Lipinski definition) is 3. The number of aromatic nitrogens is 2. The second-order valence-electron chi connectivity index (χ2n) is 8.26. The van der Waals surface area contributed by atoms with Crippen LogP contribution < -0.4 is 10.6 Å². The summed E-state index contributed by atoms with van der Waals surface area (Å²) < 4.78 is 0. The summed E-state index contributed by atoms with van der Waals surface area (Å²) >= 11 is 1.45. The van der Waals surface area contributed by atoms with Gasteiger partial charge in [-0.15, -0.1) is 11.3 Å². The number of hydrogen-bond acceptors (Lipinski definition) is 7. The van der Waals surface area contributed by atoms with Crippen LogP contribution in [0.3, 0.4) is 0 Å². The zero-order chi connectivity index (χ0) is 21.6. The number of nitrogens with zero attached hydrogens (tertiary/aromatic N) is 2. The highest BCUT2D eigenvalue weighted by Gasteiger charge is 2.31. The molecule has 1 fully saturated rings. The second-order valence-corrected chi connectivity index (χ2v) is 9.17. The normalized spacial score (nSPS) is 20.6. The summed E-state index contributed by atoms with van der Waals surface area (Å²) in [7, 11) is 0. The lowest BCUT2D eigenvalue weighted by atomic mass is 10.00. The molecule has 6 nitrogen and oxygen atoms in total. The Morgan fingerprint density at radius 3 is 2.77 bits per heavy atom. The fraction of sp³-hybridized carbons (Fsp3) is 0.375. The van der Waals surface area contributed by atoms with Crippen molar-refractivity contribution in [3.63, 3.8) is 0 Å². The van der Waals surface area contributed by atoms with Gasteiger partial charge < -0.3 is 15.7 Å². The first-order chi connectivity index (χ1) is 15.1. The molecule has 1 saturated carbocycles. The van der Waals surface area contributed by atoms with Crippen LogP contribution in [0.1, 0.15) is 46.1 Å². The first-order valence-electron chi connectivity index (χ1n) is 10.7. The lowest BCUT2D eigenvalue weighted by molar-refractivity contribution is 0.104. The number of thiophene rings is 1. The van der Waals surface area contributed by atoms with Gasteiger partial charge in [0.05, 0.1) is 10.4 Å². The van der Waals surface area contributed by atoms with E-state index in [1.165, 1.54) is 23.2 Å². The maximum absolute atomic E-state index is 13.2. The molecule has 4 rings (SSSR count). The molecule has 0 bridgehead atoms. The molecule has 1 aromatic carbocycles. The number of carbonyl (C=O) groups excluding carboxylic acids is 1. The molecule has 31 heavy (non-hydrogen) atoms. The molecule has 0 amide bonds. The Hall–Kier alpha value is -2.61. The molecule has 0 spiro atoms.